The summed E-state index contributed by atoms with van der Waals surface area (Å²) < 4.78 is 0. The molecule has 2 rings (SSSR count). The van der Waals surface area contributed by atoms with Gasteiger partial charge >= 0.3 is 5.97 Å². The van der Waals surface area contributed by atoms with E-state index in [9.17, 15) is 4.79 Å². The lowest BCUT2D eigenvalue weighted by molar-refractivity contribution is -0.137. The van der Waals surface area contributed by atoms with Crippen LogP contribution in [-0.2, 0) is 4.79 Å². The summed E-state index contributed by atoms with van der Waals surface area (Å²) in [5.41, 5.74) is 0. The fourth-order valence-corrected chi connectivity index (χ4v) is 2.70. The molecule has 0 aromatic carbocycles. The van der Waals surface area contributed by atoms with Crippen LogP contribution in [0.25, 0.3) is 0 Å². The van der Waals surface area contributed by atoms with Crippen molar-refractivity contribution in [3.05, 3.63) is 0 Å². The lowest BCUT2D eigenvalue weighted by Gasteiger charge is -2.36. The van der Waals surface area contributed by atoms with Crippen molar-refractivity contribution in [1.29, 1.82) is 0 Å². The van der Waals surface area contributed by atoms with Crippen LogP contribution in [0.3, 0.4) is 0 Å². The van der Waals surface area contributed by atoms with Crippen molar-refractivity contribution in [3.8, 4) is 0 Å². The van der Waals surface area contributed by atoms with Gasteiger partial charge in [0.15, 0.2) is 0 Å². The van der Waals surface area contributed by atoms with Crippen molar-refractivity contribution >= 4 is 5.97 Å². The summed E-state index contributed by atoms with van der Waals surface area (Å²) in [4.78, 5) is 12.9. The second-order valence-electron chi connectivity index (χ2n) is 5.79. The molecule has 0 aromatic rings. The van der Waals surface area contributed by atoms with Crippen LogP contribution in [0.1, 0.15) is 32.6 Å². The Morgan fingerprint density at radius 3 is 2.82 bits per heavy atom. The first-order valence-corrected chi connectivity index (χ1v) is 6.81. The molecular weight excluding hydrogens is 216 g/mol. The molecule has 0 aromatic heterocycles. The number of hydrogen-bond acceptors (Lipinski definition) is 3. The number of aliphatic carboxylic acids is 1. The second kappa shape index (κ2) is 5.83. The highest BCUT2D eigenvalue weighted by molar-refractivity contribution is 5.66. The molecule has 98 valence electrons. The minimum Gasteiger partial charge on any atom is -0.481 e. The smallest absolute Gasteiger partial charge is 0.304 e. The molecule has 1 heterocycles. The molecule has 2 unspecified atom stereocenters. The van der Waals surface area contributed by atoms with E-state index in [4.69, 9.17) is 5.11 Å². The van der Waals surface area contributed by atoms with Crippen molar-refractivity contribution < 1.29 is 9.90 Å². The van der Waals surface area contributed by atoms with E-state index in [-0.39, 0.29) is 6.42 Å². The van der Waals surface area contributed by atoms with Crippen molar-refractivity contribution in [2.45, 2.75) is 38.6 Å². The number of hydrogen-bond donors (Lipinski definition) is 2. The van der Waals surface area contributed by atoms with Crippen LogP contribution < -0.4 is 5.32 Å². The number of piperidine rings is 1. The fourth-order valence-electron chi connectivity index (χ4n) is 2.70. The molecule has 0 amide bonds. The average Bonchev–Trinajstić information content (AvgIpc) is 3.07. The molecular formula is C13H24N2O2. The number of likely N-dealkylation sites (tertiary alicyclic amines) is 1. The van der Waals surface area contributed by atoms with Gasteiger partial charge < -0.3 is 15.3 Å². The standard InChI is InChI=1S/C13H24N2O2/c1-10-6-12(14-7-11-2-3-11)9-15(8-10)5-4-13(16)17/h10-12,14H,2-9H2,1H3,(H,16,17). The van der Waals surface area contributed by atoms with Gasteiger partial charge in [-0.1, -0.05) is 6.92 Å². The van der Waals surface area contributed by atoms with Crippen LogP contribution in [0.5, 0.6) is 0 Å². The van der Waals surface area contributed by atoms with E-state index in [2.05, 4.69) is 17.1 Å². The predicted octanol–water partition coefficient (Wildman–Crippen LogP) is 1.17. The first kappa shape index (κ1) is 12.8. The zero-order valence-corrected chi connectivity index (χ0v) is 10.7. The van der Waals surface area contributed by atoms with Gasteiger partial charge in [-0.2, -0.15) is 0 Å². The first-order chi connectivity index (χ1) is 8.13. The SMILES string of the molecule is CC1CC(NCC2CC2)CN(CCC(=O)O)C1. The Morgan fingerprint density at radius 1 is 1.41 bits per heavy atom. The molecule has 4 heteroatoms. The molecule has 17 heavy (non-hydrogen) atoms. The Labute approximate surface area is 103 Å². The number of nitrogens with one attached hydrogen (secondary N) is 1. The van der Waals surface area contributed by atoms with Crippen LogP contribution in [0.15, 0.2) is 0 Å². The number of rotatable bonds is 6. The molecule has 2 atom stereocenters. The van der Waals surface area contributed by atoms with Crippen molar-refractivity contribution in [2.24, 2.45) is 11.8 Å². The highest BCUT2D eigenvalue weighted by atomic mass is 16.4. The van der Waals surface area contributed by atoms with Crippen LogP contribution in [0, 0.1) is 11.8 Å². The number of carbonyl (C=O) groups is 1. The summed E-state index contributed by atoms with van der Waals surface area (Å²) in [6.07, 6.45) is 4.27. The second-order valence-corrected chi connectivity index (χ2v) is 5.79. The summed E-state index contributed by atoms with van der Waals surface area (Å²) >= 11 is 0. The summed E-state index contributed by atoms with van der Waals surface area (Å²) in [6.45, 7) is 6.18. The normalized spacial score (nSPS) is 30.4. The molecule has 0 spiro atoms. The minimum atomic E-state index is -0.689. The van der Waals surface area contributed by atoms with E-state index in [0.717, 1.165) is 25.6 Å². The molecule has 2 N–H and O–H groups in total. The molecule has 2 fully saturated rings. The molecule has 0 radical (unpaired) electrons. The Bertz CT molecular complexity index is 266. The third kappa shape index (κ3) is 4.64. The highest BCUT2D eigenvalue weighted by Crippen LogP contribution is 2.28. The van der Waals surface area contributed by atoms with Crippen molar-refractivity contribution in [2.75, 3.05) is 26.2 Å². The number of carboxylic acids is 1. The van der Waals surface area contributed by atoms with Gasteiger partial charge in [0.25, 0.3) is 0 Å². The van der Waals surface area contributed by atoms with Gasteiger partial charge in [0, 0.05) is 25.7 Å². The van der Waals surface area contributed by atoms with Crippen LogP contribution >= 0.6 is 0 Å². The largest absolute Gasteiger partial charge is 0.481 e. The Kier molecular flexibility index (Phi) is 4.40. The Morgan fingerprint density at radius 2 is 2.18 bits per heavy atom. The quantitative estimate of drug-likeness (QED) is 0.732. The maximum Gasteiger partial charge on any atom is 0.304 e. The zero-order chi connectivity index (χ0) is 12.3. The van der Waals surface area contributed by atoms with Crippen LogP contribution in [0.2, 0.25) is 0 Å². The summed E-state index contributed by atoms with van der Waals surface area (Å²) in [5.74, 6) is 0.902. The third-order valence-electron chi connectivity index (χ3n) is 3.77. The topological polar surface area (TPSA) is 52.6 Å². The lowest BCUT2D eigenvalue weighted by Crippen LogP contribution is -2.49. The van der Waals surface area contributed by atoms with E-state index < -0.39 is 5.97 Å². The molecule has 2 aliphatic rings. The van der Waals surface area contributed by atoms with E-state index in [1.165, 1.54) is 19.3 Å². The van der Waals surface area contributed by atoms with Gasteiger partial charge in [-0.3, -0.25) is 4.79 Å². The number of carboxylic acid groups (broad SMARTS) is 1. The van der Waals surface area contributed by atoms with E-state index in [1.807, 2.05) is 0 Å². The molecule has 1 aliphatic heterocycles. The predicted molar refractivity (Wildman–Crippen MR) is 67.0 cm³/mol. The summed E-state index contributed by atoms with van der Waals surface area (Å²) in [6, 6.07) is 0.563. The van der Waals surface area contributed by atoms with E-state index in [1.54, 1.807) is 0 Å². The fraction of sp³-hybridized carbons (Fsp3) is 0.923. The Hall–Kier alpha value is -0.610. The monoisotopic (exact) mass is 240 g/mol. The molecule has 0 bridgehead atoms. The summed E-state index contributed by atoms with van der Waals surface area (Å²) in [5, 5.41) is 12.4. The lowest BCUT2D eigenvalue weighted by atomic mass is 9.95. The summed E-state index contributed by atoms with van der Waals surface area (Å²) in [7, 11) is 0. The maximum absolute atomic E-state index is 10.6. The van der Waals surface area contributed by atoms with Crippen LogP contribution in [0.4, 0.5) is 0 Å². The molecule has 1 saturated heterocycles. The third-order valence-corrected chi connectivity index (χ3v) is 3.77. The first-order valence-electron chi connectivity index (χ1n) is 6.81. The van der Waals surface area contributed by atoms with Crippen molar-refractivity contribution in [3.63, 3.8) is 0 Å². The van der Waals surface area contributed by atoms with Gasteiger partial charge in [0.2, 0.25) is 0 Å². The van der Waals surface area contributed by atoms with Gasteiger partial charge in [-0.25, -0.2) is 0 Å². The minimum absolute atomic E-state index is 0.266. The molecule has 1 aliphatic carbocycles. The average molecular weight is 240 g/mol. The highest BCUT2D eigenvalue weighted by Gasteiger charge is 2.27. The molecule has 4 nitrogen and oxygen atoms in total. The van der Waals surface area contributed by atoms with Gasteiger partial charge in [-0.05, 0) is 37.6 Å². The van der Waals surface area contributed by atoms with Gasteiger partial charge in [0.1, 0.15) is 0 Å². The maximum atomic E-state index is 10.6. The van der Waals surface area contributed by atoms with E-state index >= 15 is 0 Å². The van der Waals surface area contributed by atoms with Gasteiger partial charge in [0.05, 0.1) is 6.42 Å². The van der Waals surface area contributed by atoms with Crippen molar-refractivity contribution in [1.82, 2.24) is 10.2 Å². The van der Waals surface area contributed by atoms with E-state index in [0.29, 0.717) is 18.5 Å². The molecule has 1 saturated carbocycles. The zero-order valence-electron chi connectivity index (χ0n) is 10.7. The number of nitrogens with zero attached hydrogens (tertiary/aromatic N) is 1. The van der Waals surface area contributed by atoms with Crippen LogP contribution in [-0.4, -0.2) is 48.2 Å². The van der Waals surface area contributed by atoms with Gasteiger partial charge in [-0.15, -0.1) is 0 Å². The Balaban J connectivity index is 1.71.